The van der Waals surface area contributed by atoms with Crippen molar-refractivity contribution >= 4 is 11.8 Å². The Morgan fingerprint density at radius 2 is 1.90 bits per heavy atom. The Hall–Kier alpha value is -1.20. The van der Waals surface area contributed by atoms with Gasteiger partial charge in [0.15, 0.2) is 0 Å². The van der Waals surface area contributed by atoms with Crippen LogP contribution >= 0.6 is 0 Å². The third kappa shape index (κ3) is 9.43. The van der Waals surface area contributed by atoms with Crippen LogP contribution in [0, 0.1) is 17.3 Å². The molecule has 1 fully saturated rings. The fourth-order valence-corrected chi connectivity index (χ4v) is 4.20. The highest BCUT2D eigenvalue weighted by Gasteiger charge is 2.39. The maximum Gasteiger partial charge on any atom is 0.305 e. The van der Waals surface area contributed by atoms with E-state index in [9.17, 15) is 19.8 Å². The molecular formula is C24H42O5. The van der Waals surface area contributed by atoms with E-state index < -0.39 is 11.7 Å². The van der Waals surface area contributed by atoms with Crippen molar-refractivity contribution in [1.29, 1.82) is 0 Å². The van der Waals surface area contributed by atoms with Crippen molar-refractivity contribution in [3.63, 3.8) is 0 Å². The van der Waals surface area contributed by atoms with Crippen molar-refractivity contribution in [3.8, 4) is 0 Å². The van der Waals surface area contributed by atoms with Crippen LogP contribution in [0.15, 0.2) is 12.2 Å². The normalized spacial score (nSPS) is 24.8. The summed E-state index contributed by atoms with van der Waals surface area (Å²) in [5, 5.41) is 20.8. The Labute approximate surface area is 176 Å². The van der Waals surface area contributed by atoms with Gasteiger partial charge in [-0.3, -0.25) is 9.59 Å². The molecule has 0 aliphatic heterocycles. The number of aliphatic hydroxyl groups excluding tert-OH is 1. The minimum absolute atomic E-state index is 0.0117. The number of carbonyl (C=O) groups excluding carboxylic acids is 2. The summed E-state index contributed by atoms with van der Waals surface area (Å²) in [5.41, 5.74) is -0.725. The number of rotatable bonds is 13. The molecule has 1 saturated carbocycles. The van der Waals surface area contributed by atoms with E-state index in [2.05, 4.69) is 20.8 Å². The second-order valence-corrected chi connectivity index (χ2v) is 9.79. The number of ketones is 1. The van der Waals surface area contributed by atoms with Gasteiger partial charge in [-0.25, -0.2) is 0 Å². The summed E-state index contributed by atoms with van der Waals surface area (Å²) in [6.07, 6.45) is 10.5. The smallest absolute Gasteiger partial charge is 0.305 e. The molecule has 5 nitrogen and oxygen atoms in total. The van der Waals surface area contributed by atoms with E-state index in [4.69, 9.17) is 4.74 Å². The Balaban J connectivity index is 2.56. The number of esters is 1. The summed E-state index contributed by atoms with van der Waals surface area (Å²) in [5.74, 6) is -0.370. The highest BCUT2D eigenvalue weighted by Crippen LogP contribution is 2.37. The van der Waals surface area contributed by atoms with Gasteiger partial charge >= 0.3 is 5.97 Å². The van der Waals surface area contributed by atoms with Crippen LogP contribution in [0.25, 0.3) is 0 Å². The van der Waals surface area contributed by atoms with Crippen LogP contribution in [0.1, 0.15) is 91.9 Å². The second kappa shape index (κ2) is 11.8. The average molecular weight is 411 g/mol. The molecule has 0 aromatic rings. The number of ether oxygens (including phenoxy) is 1. The van der Waals surface area contributed by atoms with Gasteiger partial charge in [0.1, 0.15) is 5.78 Å². The van der Waals surface area contributed by atoms with Crippen LogP contribution in [0.4, 0.5) is 0 Å². The fourth-order valence-electron chi connectivity index (χ4n) is 4.20. The number of carbonyl (C=O) groups is 2. The zero-order valence-electron chi connectivity index (χ0n) is 19.1. The summed E-state index contributed by atoms with van der Waals surface area (Å²) in [4.78, 5) is 23.8. The standard InChI is InChI=1S/C24H42O5/c1-6-7-14-24(4,28)15-9-11-19-18(20(25)17-21(19)26)10-8-13-23(2,3)16-12-22(27)29-5/h9,11,18-19,21,26,28H,6-8,10,12-17H2,1-5H3/t18-,19-,21-,24?/m1/s1. The van der Waals surface area contributed by atoms with Crippen LogP contribution in [-0.2, 0) is 14.3 Å². The third-order valence-corrected chi connectivity index (χ3v) is 6.32. The van der Waals surface area contributed by atoms with Gasteiger partial charge in [-0.1, -0.05) is 52.2 Å². The number of Topliss-reactive ketones (excluding diaryl/α,β-unsaturated/α-hetero) is 1. The minimum Gasteiger partial charge on any atom is -0.469 e. The predicted molar refractivity (Wildman–Crippen MR) is 115 cm³/mol. The Morgan fingerprint density at radius 1 is 1.21 bits per heavy atom. The lowest BCUT2D eigenvalue weighted by atomic mass is 9.80. The number of hydrogen-bond donors (Lipinski definition) is 2. The van der Waals surface area contributed by atoms with E-state index in [1.165, 1.54) is 7.11 Å². The van der Waals surface area contributed by atoms with Crippen molar-refractivity contribution in [2.75, 3.05) is 7.11 Å². The monoisotopic (exact) mass is 410 g/mol. The third-order valence-electron chi connectivity index (χ3n) is 6.32. The van der Waals surface area contributed by atoms with Gasteiger partial charge in [-0.15, -0.1) is 0 Å². The fraction of sp³-hybridized carbons (Fsp3) is 0.833. The van der Waals surface area contributed by atoms with Crippen molar-refractivity contribution in [2.24, 2.45) is 17.3 Å². The highest BCUT2D eigenvalue weighted by atomic mass is 16.5. The van der Waals surface area contributed by atoms with E-state index in [-0.39, 0.29) is 35.4 Å². The molecule has 4 atom stereocenters. The van der Waals surface area contributed by atoms with Gasteiger partial charge in [-0.05, 0) is 44.4 Å². The highest BCUT2D eigenvalue weighted by molar-refractivity contribution is 5.84. The van der Waals surface area contributed by atoms with Crippen molar-refractivity contribution in [2.45, 2.75) is 104 Å². The van der Waals surface area contributed by atoms with E-state index in [0.717, 1.165) is 44.9 Å². The Kier molecular flexibility index (Phi) is 10.6. The van der Waals surface area contributed by atoms with Gasteiger partial charge in [0.25, 0.3) is 0 Å². The zero-order valence-corrected chi connectivity index (χ0v) is 19.1. The van der Waals surface area contributed by atoms with Crippen molar-refractivity contribution in [3.05, 3.63) is 12.2 Å². The molecule has 1 aliphatic carbocycles. The van der Waals surface area contributed by atoms with E-state index in [1.807, 2.05) is 19.1 Å². The van der Waals surface area contributed by atoms with Gasteiger partial charge < -0.3 is 14.9 Å². The lowest BCUT2D eigenvalue weighted by Crippen LogP contribution is -2.23. The molecule has 29 heavy (non-hydrogen) atoms. The maximum absolute atomic E-state index is 12.4. The van der Waals surface area contributed by atoms with Gasteiger partial charge in [0, 0.05) is 24.7 Å². The molecule has 1 aliphatic rings. The second-order valence-electron chi connectivity index (χ2n) is 9.79. The lowest BCUT2D eigenvalue weighted by molar-refractivity contribution is -0.141. The molecule has 5 heteroatoms. The quantitative estimate of drug-likeness (QED) is 0.343. The molecule has 0 saturated heterocycles. The van der Waals surface area contributed by atoms with Crippen LogP contribution < -0.4 is 0 Å². The average Bonchev–Trinajstić information content (AvgIpc) is 2.91. The molecular weight excluding hydrogens is 368 g/mol. The Bertz CT molecular complexity index is 549. The molecule has 0 amide bonds. The first kappa shape index (κ1) is 25.8. The number of unbranched alkanes of at least 4 members (excludes halogenated alkanes) is 1. The maximum atomic E-state index is 12.4. The topological polar surface area (TPSA) is 83.8 Å². The van der Waals surface area contributed by atoms with Crippen LogP contribution in [0.2, 0.25) is 0 Å². The van der Waals surface area contributed by atoms with Crippen LogP contribution in [0.3, 0.4) is 0 Å². The summed E-state index contributed by atoms with van der Waals surface area (Å²) >= 11 is 0. The van der Waals surface area contributed by atoms with Gasteiger partial charge in [-0.2, -0.15) is 0 Å². The number of methoxy groups -OCH3 is 1. The molecule has 0 spiro atoms. The van der Waals surface area contributed by atoms with E-state index >= 15 is 0 Å². The van der Waals surface area contributed by atoms with Crippen molar-refractivity contribution in [1.82, 2.24) is 0 Å². The molecule has 168 valence electrons. The first-order valence-corrected chi connectivity index (χ1v) is 11.2. The molecule has 0 bridgehead atoms. The van der Waals surface area contributed by atoms with E-state index in [0.29, 0.717) is 12.8 Å². The summed E-state index contributed by atoms with van der Waals surface area (Å²) < 4.78 is 4.72. The molecule has 1 unspecified atom stereocenters. The first-order chi connectivity index (χ1) is 13.5. The molecule has 0 heterocycles. The SMILES string of the molecule is CCCCC(C)(O)CC=C[C@H]1[C@H](O)CC(=O)[C@@H]1CCCC(C)(C)CCC(=O)OC. The van der Waals surface area contributed by atoms with Gasteiger partial charge in [0.05, 0.1) is 18.8 Å². The minimum atomic E-state index is -0.737. The van der Waals surface area contributed by atoms with Gasteiger partial charge in [0.2, 0.25) is 0 Å². The largest absolute Gasteiger partial charge is 0.469 e. The van der Waals surface area contributed by atoms with Crippen LogP contribution in [0.5, 0.6) is 0 Å². The van der Waals surface area contributed by atoms with Crippen molar-refractivity contribution < 1.29 is 24.5 Å². The Morgan fingerprint density at radius 3 is 2.52 bits per heavy atom. The van der Waals surface area contributed by atoms with E-state index in [1.54, 1.807) is 0 Å². The molecule has 2 N–H and O–H groups in total. The molecule has 0 aromatic carbocycles. The zero-order chi connectivity index (χ0) is 22.1. The summed E-state index contributed by atoms with van der Waals surface area (Å²) in [6.45, 7) is 8.22. The number of hydrogen-bond acceptors (Lipinski definition) is 5. The summed E-state index contributed by atoms with van der Waals surface area (Å²) in [6, 6.07) is 0. The first-order valence-electron chi connectivity index (χ1n) is 11.2. The molecule has 0 radical (unpaired) electrons. The van der Waals surface area contributed by atoms with Crippen LogP contribution in [-0.4, -0.2) is 40.8 Å². The predicted octanol–water partition coefficient (Wildman–Crippen LogP) is 4.59. The lowest BCUT2D eigenvalue weighted by Gasteiger charge is -2.25. The number of aliphatic hydroxyl groups is 2. The summed E-state index contributed by atoms with van der Waals surface area (Å²) in [7, 11) is 1.41. The molecule has 1 rings (SSSR count). The molecule has 0 aromatic heterocycles.